The summed E-state index contributed by atoms with van der Waals surface area (Å²) in [6, 6.07) is 10.4. The van der Waals surface area contributed by atoms with Gasteiger partial charge in [0.15, 0.2) is 10.9 Å². The number of halogens is 1. The number of hydrogen-bond acceptors (Lipinski definition) is 7. The first-order valence-electron chi connectivity index (χ1n) is 8.61. The number of nitrogens with zero attached hydrogens (tertiary/aromatic N) is 3. The molecule has 4 rings (SSSR count). The molecule has 1 saturated heterocycles. The van der Waals surface area contributed by atoms with E-state index < -0.39 is 5.72 Å². The molecule has 2 atom stereocenters. The number of hydrogen-bond donors (Lipinski definition) is 2. The van der Waals surface area contributed by atoms with E-state index in [1.54, 1.807) is 30.3 Å². The van der Waals surface area contributed by atoms with Crippen molar-refractivity contribution in [1.82, 2.24) is 4.98 Å². The standard InChI is InChI=1S/C19H16ClN5O2S/c20-13-2-4-16(23-9-13)17(26)24-14-3-1-11(8-21)15(7-14)19-12(5-6-27-19)10-28-18(22)25-19/h1-4,7,9,12H,5-6,10H2,(H2,22,25)(H,24,26)/t12-,19-/m1/s1. The minimum absolute atomic E-state index is 0.112. The number of amidine groups is 1. The monoisotopic (exact) mass is 413 g/mol. The second-order valence-electron chi connectivity index (χ2n) is 6.48. The van der Waals surface area contributed by atoms with E-state index in [4.69, 9.17) is 22.1 Å². The Balaban J connectivity index is 1.71. The summed E-state index contributed by atoms with van der Waals surface area (Å²) in [5, 5.41) is 13.3. The molecule has 1 aromatic carbocycles. The molecule has 7 nitrogen and oxygen atoms in total. The highest BCUT2D eigenvalue weighted by molar-refractivity contribution is 8.13. The predicted octanol–water partition coefficient (Wildman–Crippen LogP) is 3.11. The van der Waals surface area contributed by atoms with Crippen molar-refractivity contribution in [2.75, 3.05) is 17.7 Å². The van der Waals surface area contributed by atoms with Crippen LogP contribution in [0.1, 0.15) is 28.0 Å². The van der Waals surface area contributed by atoms with Crippen molar-refractivity contribution in [2.45, 2.75) is 12.1 Å². The molecule has 1 amide bonds. The van der Waals surface area contributed by atoms with Gasteiger partial charge in [-0.15, -0.1) is 0 Å². The van der Waals surface area contributed by atoms with Crippen molar-refractivity contribution in [3.63, 3.8) is 0 Å². The lowest BCUT2D eigenvalue weighted by Crippen LogP contribution is -2.38. The van der Waals surface area contributed by atoms with Gasteiger partial charge in [0, 0.05) is 29.1 Å². The van der Waals surface area contributed by atoms with Crippen molar-refractivity contribution in [1.29, 1.82) is 5.26 Å². The van der Waals surface area contributed by atoms with Gasteiger partial charge in [0.2, 0.25) is 0 Å². The average Bonchev–Trinajstić information content (AvgIpc) is 3.12. The number of nitrogens with one attached hydrogen (secondary N) is 1. The van der Waals surface area contributed by atoms with Crippen molar-refractivity contribution >= 4 is 40.1 Å². The van der Waals surface area contributed by atoms with Gasteiger partial charge in [0.05, 0.1) is 23.3 Å². The summed E-state index contributed by atoms with van der Waals surface area (Å²) in [7, 11) is 0. The van der Waals surface area contributed by atoms with E-state index in [1.165, 1.54) is 18.0 Å². The van der Waals surface area contributed by atoms with Gasteiger partial charge >= 0.3 is 0 Å². The minimum Gasteiger partial charge on any atom is -0.378 e. The SMILES string of the molecule is N#Cc1ccc(NC(=O)c2ccc(Cl)cn2)cc1[C@@]12N=C(N)SC[C@H]1CCO2. The molecular weight excluding hydrogens is 398 g/mol. The number of aromatic nitrogens is 1. The van der Waals surface area contributed by atoms with Crippen LogP contribution >= 0.6 is 23.4 Å². The molecule has 0 unspecified atom stereocenters. The van der Waals surface area contributed by atoms with Crippen LogP contribution in [0.3, 0.4) is 0 Å². The first kappa shape index (κ1) is 18.7. The lowest BCUT2D eigenvalue weighted by molar-refractivity contribution is -0.0145. The van der Waals surface area contributed by atoms with Crippen molar-refractivity contribution < 1.29 is 9.53 Å². The summed E-state index contributed by atoms with van der Waals surface area (Å²) >= 11 is 7.31. The Morgan fingerprint density at radius 2 is 2.29 bits per heavy atom. The largest absolute Gasteiger partial charge is 0.378 e. The normalized spacial score (nSPS) is 23.4. The number of ether oxygens (including phenoxy) is 1. The third-order valence-electron chi connectivity index (χ3n) is 4.79. The third kappa shape index (κ3) is 3.33. The number of fused-ring (bicyclic) bond motifs is 1. The fourth-order valence-corrected chi connectivity index (χ4v) is 4.53. The van der Waals surface area contributed by atoms with E-state index in [0.29, 0.717) is 33.6 Å². The van der Waals surface area contributed by atoms with Gasteiger partial charge in [-0.3, -0.25) is 4.79 Å². The first-order chi connectivity index (χ1) is 13.5. The molecule has 9 heteroatoms. The van der Waals surface area contributed by atoms with Crippen LogP contribution in [0.2, 0.25) is 5.02 Å². The molecule has 1 aromatic heterocycles. The number of amides is 1. The molecule has 0 aliphatic carbocycles. The number of pyridine rings is 1. The number of rotatable bonds is 3. The van der Waals surface area contributed by atoms with Crippen molar-refractivity contribution in [3.8, 4) is 6.07 Å². The van der Waals surface area contributed by atoms with Gasteiger partial charge in [-0.05, 0) is 36.8 Å². The fourth-order valence-electron chi connectivity index (χ4n) is 3.45. The maximum Gasteiger partial charge on any atom is 0.274 e. The highest BCUT2D eigenvalue weighted by atomic mass is 35.5. The molecule has 142 valence electrons. The molecule has 3 N–H and O–H groups in total. The molecule has 1 fully saturated rings. The van der Waals surface area contributed by atoms with Gasteiger partial charge in [0.25, 0.3) is 5.91 Å². The van der Waals surface area contributed by atoms with Crippen LogP contribution in [0.15, 0.2) is 41.5 Å². The topological polar surface area (TPSA) is 113 Å². The predicted molar refractivity (Wildman–Crippen MR) is 108 cm³/mol. The molecule has 2 aromatic rings. The Hall–Kier alpha value is -2.60. The van der Waals surface area contributed by atoms with E-state index in [-0.39, 0.29) is 17.5 Å². The number of carbonyl (C=O) groups excluding carboxylic acids is 1. The highest BCUT2D eigenvalue weighted by Gasteiger charge is 2.49. The number of benzene rings is 1. The lowest BCUT2D eigenvalue weighted by atomic mass is 9.87. The zero-order valence-electron chi connectivity index (χ0n) is 14.7. The maximum atomic E-state index is 12.5. The van der Waals surface area contributed by atoms with Gasteiger partial charge in [-0.25, -0.2) is 9.98 Å². The Morgan fingerprint density at radius 1 is 1.43 bits per heavy atom. The van der Waals surface area contributed by atoms with E-state index in [2.05, 4.69) is 21.4 Å². The summed E-state index contributed by atoms with van der Waals surface area (Å²) in [5.74, 6) is 0.502. The van der Waals surface area contributed by atoms with Crippen LogP contribution in [-0.4, -0.2) is 28.4 Å². The molecule has 28 heavy (non-hydrogen) atoms. The molecule has 0 bridgehead atoms. The van der Waals surface area contributed by atoms with E-state index in [0.717, 1.165) is 12.2 Å². The molecule has 2 aliphatic rings. The summed E-state index contributed by atoms with van der Waals surface area (Å²) in [4.78, 5) is 21.1. The smallest absolute Gasteiger partial charge is 0.274 e. The number of anilines is 1. The quantitative estimate of drug-likeness (QED) is 0.799. The van der Waals surface area contributed by atoms with Crippen LogP contribution < -0.4 is 11.1 Å². The molecule has 0 spiro atoms. The van der Waals surface area contributed by atoms with Gasteiger partial charge in [0.1, 0.15) is 5.69 Å². The van der Waals surface area contributed by atoms with Crippen LogP contribution in [0.5, 0.6) is 0 Å². The number of thioether (sulfide) groups is 1. The van der Waals surface area contributed by atoms with E-state index in [1.807, 2.05) is 0 Å². The van der Waals surface area contributed by atoms with E-state index >= 15 is 0 Å². The van der Waals surface area contributed by atoms with Gasteiger partial charge < -0.3 is 15.8 Å². The highest BCUT2D eigenvalue weighted by Crippen LogP contribution is 2.48. The van der Waals surface area contributed by atoms with E-state index in [9.17, 15) is 10.1 Å². The fraction of sp³-hybridized carbons (Fsp3) is 0.263. The van der Waals surface area contributed by atoms with Crippen LogP contribution in [0.4, 0.5) is 5.69 Å². The number of nitriles is 1. The van der Waals surface area contributed by atoms with Crippen molar-refractivity contribution in [2.24, 2.45) is 16.6 Å². The Bertz CT molecular complexity index is 1000. The Morgan fingerprint density at radius 3 is 3.04 bits per heavy atom. The molecule has 2 aliphatic heterocycles. The number of aliphatic imine (C=N–C) groups is 1. The van der Waals surface area contributed by atoms with Gasteiger partial charge in [-0.2, -0.15) is 5.26 Å². The molecule has 0 radical (unpaired) electrons. The summed E-state index contributed by atoms with van der Waals surface area (Å²) in [6.07, 6.45) is 2.24. The summed E-state index contributed by atoms with van der Waals surface area (Å²) in [6.45, 7) is 0.540. The second kappa shape index (κ2) is 7.43. The first-order valence-corrected chi connectivity index (χ1v) is 9.98. The minimum atomic E-state index is -0.986. The number of nitrogens with two attached hydrogens (primary N) is 1. The summed E-state index contributed by atoms with van der Waals surface area (Å²) in [5.41, 5.74) is 6.80. The number of carbonyl (C=O) groups is 1. The zero-order chi connectivity index (χ0) is 19.7. The lowest BCUT2D eigenvalue weighted by Gasteiger charge is -2.35. The molecule has 0 saturated carbocycles. The average molecular weight is 414 g/mol. The van der Waals surface area contributed by atoms with Crippen LogP contribution in [0.25, 0.3) is 0 Å². The van der Waals surface area contributed by atoms with Crippen LogP contribution in [-0.2, 0) is 10.5 Å². The Labute approximate surface area is 170 Å². The molecular formula is C19H16ClN5O2S. The Kier molecular flexibility index (Phi) is 4.98. The molecule has 3 heterocycles. The zero-order valence-corrected chi connectivity index (χ0v) is 16.3. The van der Waals surface area contributed by atoms with Gasteiger partial charge in [-0.1, -0.05) is 23.4 Å². The summed E-state index contributed by atoms with van der Waals surface area (Å²) < 4.78 is 6.03. The second-order valence-corrected chi connectivity index (χ2v) is 7.96. The van der Waals surface area contributed by atoms with Crippen LogP contribution in [0, 0.1) is 17.2 Å². The third-order valence-corrected chi connectivity index (χ3v) is 5.97. The maximum absolute atomic E-state index is 12.5. The van der Waals surface area contributed by atoms with Crippen molar-refractivity contribution in [3.05, 3.63) is 58.4 Å².